The number of pyridine rings is 1. The van der Waals surface area contributed by atoms with Gasteiger partial charge in [0.25, 0.3) is 0 Å². The molecule has 0 aliphatic rings. The van der Waals surface area contributed by atoms with E-state index in [4.69, 9.17) is 9.15 Å². The summed E-state index contributed by atoms with van der Waals surface area (Å²) in [7, 11) is 1.63. The van der Waals surface area contributed by atoms with Crippen molar-refractivity contribution in [3.05, 3.63) is 76.6 Å². The zero-order valence-corrected chi connectivity index (χ0v) is 14.5. The van der Waals surface area contributed by atoms with E-state index in [0.29, 0.717) is 28.7 Å². The predicted octanol–water partition coefficient (Wildman–Crippen LogP) is 3.75. The lowest BCUT2D eigenvalue weighted by Crippen LogP contribution is -2.05. The molecule has 5 aromatic rings. The zero-order valence-electron chi connectivity index (χ0n) is 14.5. The van der Waals surface area contributed by atoms with Gasteiger partial charge in [0.15, 0.2) is 0 Å². The smallest absolute Gasteiger partial charge is 0.233 e. The molecule has 5 rings (SSSR count). The molecule has 0 bridgehead atoms. The summed E-state index contributed by atoms with van der Waals surface area (Å²) in [6.07, 6.45) is 1.55. The first-order valence-electron chi connectivity index (χ1n) is 8.54. The summed E-state index contributed by atoms with van der Waals surface area (Å²) >= 11 is 0. The Morgan fingerprint density at radius 3 is 2.70 bits per heavy atom. The summed E-state index contributed by atoms with van der Waals surface area (Å²) in [4.78, 5) is 17.4. The highest BCUT2D eigenvalue weighted by molar-refractivity contribution is 5.94. The van der Waals surface area contributed by atoms with Gasteiger partial charge in [0, 0.05) is 5.39 Å². The molecule has 0 N–H and O–H groups in total. The summed E-state index contributed by atoms with van der Waals surface area (Å²) in [5.74, 6) is 0.790. The number of ether oxygens (including phenoxy) is 1. The summed E-state index contributed by atoms with van der Waals surface area (Å²) in [6.45, 7) is 0.482. The molecule has 3 aromatic heterocycles. The first-order valence-corrected chi connectivity index (χ1v) is 8.54. The maximum absolute atomic E-state index is 12.9. The van der Waals surface area contributed by atoms with Crippen molar-refractivity contribution in [2.24, 2.45) is 0 Å². The Hall–Kier alpha value is -3.67. The second-order valence-corrected chi connectivity index (χ2v) is 6.33. The van der Waals surface area contributed by atoms with E-state index in [1.165, 1.54) is 0 Å². The van der Waals surface area contributed by atoms with E-state index in [-0.39, 0.29) is 5.43 Å². The monoisotopic (exact) mass is 357 g/mol. The Labute approximate surface area is 153 Å². The number of hydrogen-bond acceptors (Lipinski definition) is 5. The predicted molar refractivity (Wildman–Crippen MR) is 103 cm³/mol. The molecule has 3 heterocycles. The van der Waals surface area contributed by atoms with E-state index in [1.54, 1.807) is 18.0 Å². The van der Waals surface area contributed by atoms with Crippen molar-refractivity contribution in [1.82, 2.24) is 14.8 Å². The topological polar surface area (TPSA) is 70.2 Å². The third kappa shape index (κ3) is 2.54. The number of para-hydroxylation sites is 1. The number of nitrogens with zero attached hydrogens (tertiary/aromatic N) is 3. The highest BCUT2D eigenvalue weighted by Gasteiger charge is 2.15. The van der Waals surface area contributed by atoms with E-state index in [0.717, 1.165) is 22.2 Å². The van der Waals surface area contributed by atoms with Crippen LogP contribution in [0.4, 0.5) is 0 Å². The van der Waals surface area contributed by atoms with Crippen LogP contribution >= 0.6 is 0 Å². The van der Waals surface area contributed by atoms with Crippen LogP contribution in [0.25, 0.3) is 33.1 Å². The van der Waals surface area contributed by atoms with Crippen molar-refractivity contribution in [3.8, 4) is 5.75 Å². The third-order valence-corrected chi connectivity index (χ3v) is 4.65. The second kappa shape index (κ2) is 5.95. The molecular formula is C21H15N3O3. The molecule has 6 nitrogen and oxygen atoms in total. The summed E-state index contributed by atoms with van der Waals surface area (Å²) in [6, 6.07) is 17.2. The molecule has 0 atom stereocenters. The van der Waals surface area contributed by atoms with Gasteiger partial charge in [0.1, 0.15) is 11.1 Å². The lowest BCUT2D eigenvalue weighted by Gasteiger charge is -2.05. The second-order valence-electron chi connectivity index (χ2n) is 6.33. The minimum Gasteiger partial charge on any atom is -0.497 e. The Bertz CT molecular complexity index is 1350. The van der Waals surface area contributed by atoms with Gasteiger partial charge in [-0.1, -0.05) is 30.3 Å². The van der Waals surface area contributed by atoms with Crippen molar-refractivity contribution in [1.29, 1.82) is 0 Å². The molecule has 0 saturated heterocycles. The molecule has 0 unspecified atom stereocenters. The van der Waals surface area contributed by atoms with Crippen LogP contribution in [0.3, 0.4) is 0 Å². The van der Waals surface area contributed by atoms with Gasteiger partial charge in [-0.3, -0.25) is 4.79 Å². The Kier molecular flexibility index (Phi) is 3.43. The molecule has 132 valence electrons. The first-order chi connectivity index (χ1) is 13.2. The number of benzene rings is 2. The van der Waals surface area contributed by atoms with Crippen LogP contribution in [-0.4, -0.2) is 21.9 Å². The quantitative estimate of drug-likeness (QED) is 0.460. The molecule has 6 heteroatoms. The summed E-state index contributed by atoms with van der Waals surface area (Å²) in [5, 5.41) is 6.17. The molecule has 0 amide bonds. The van der Waals surface area contributed by atoms with Crippen LogP contribution in [-0.2, 0) is 6.54 Å². The number of hydrogen-bond donors (Lipinski definition) is 0. The third-order valence-electron chi connectivity index (χ3n) is 4.65. The van der Waals surface area contributed by atoms with E-state index in [1.807, 2.05) is 54.6 Å². The number of rotatable bonds is 3. The van der Waals surface area contributed by atoms with E-state index in [2.05, 4.69) is 10.1 Å². The number of methoxy groups -OCH3 is 1. The fourth-order valence-corrected chi connectivity index (χ4v) is 3.23. The van der Waals surface area contributed by atoms with Crippen LogP contribution in [0.5, 0.6) is 5.75 Å². The maximum Gasteiger partial charge on any atom is 0.233 e. The Morgan fingerprint density at radius 2 is 1.89 bits per heavy atom. The molecule has 0 spiro atoms. The van der Waals surface area contributed by atoms with Crippen molar-refractivity contribution in [3.63, 3.8) is 0 Å². The molecule has 0 saturated carbocycles. The van der Waals surface area contributed by atoms with Gasteiger partial charge in [-0.25, -0.2) is 9.67 Å². The number of aromatic nitrogens is 3. The molecule has 0 aliphatic carbocycles. The van der Waals surface area contributed by atoms with Crippen LogP contribution in [0.15, 0.2) is 70.0 Å². The largest absolute Gasteiger partial charge is 0.497 e. The minimum absolute atomic E-state index is 0.120. The molecule has 0 aliphatic heterocycles. The van der Waals surface area contributed by atoms with Gasteiger partial charge >= 0.3 is 0 Å². The highest BCUT2D eigenvalue weighted by atomic mass is 16.5. The molecule has 2 aromatic carbocycles. The average molecular weight is 357 g/mol. The fourth-order valence-electron chi connectivity index (χ4n) is 3.23. The van der Waals surface area contributed by atoms with Crippen molar-refractivity contribution in [2.75, 3.05) is 7.11 Å². The van der Waals surface area contributed by atoms with Gasteiger partial charge in [-0.15, -0.1) is 0 Å². The van der Waals surface area contributed by atoms with Crippen LogP contribution in [0.1, 0.15) is 5.56 Å². The van der Waals surface area contributed by atoms with Gasteiger partial charge in [-0.05, 0) is 29.8 Å². The minimum atomic E-state index is -0.120. The van der Waals surface area contributed by atoms with Crippen molar-refractivity contribution in [2.45, 2.75) is 6.54 Å². The maximum atomic E-state index is 12.9. The summed E-state index contributed by atoms with van der Waals surface area (Å²) < 4.78 is 12.8. The average Bonchev–Trinajstić information content (AvgIpc) is 3.10. The van der Waals surface area contributed by atoms with E-state index in [9.17, 15) is 4.79 Å². The van der Waals surface area contributed by atoms with Crippen LogP contribution in [0.2, 0.25) is 0 Å². The van der Waals surface area contributed by atoms with E-state index < -0.39 is 0 Å². The SMILES string of the molecule is COc1ccc(Cn2ncc3c(=O)c4cc5ccccc5nc4oc32)cc1. The molecule has 0 fully saturated rings. The summed E-state index contributed by atoms with van der Waals surface area (Å²) in [5.41, 5.74) is 2.43. The number of fused-ring (bicyclic) bond motifs is 3. The first kappa shape index (κ1) is 15.6. The van der Waals surface area contributed by atoms with Crippen molar-refractivity contribution < 1.29 is 9.15 Å². The lowest BCUT2D eigenvalue weighted by atomic mass is 10.1. The van der Waals surface area contributed by atoms with Crippen LogP contribution in [0, 0.1) is 0 Å². The van der Waals surface area contributed by atoms with Crippen LogP contribution < -0.4 is 10.2 Å². The standard InChI is InChI=1S/C21H15N3O3/c1-26-15-8-6-13(7-9-15)12-24-21-17(11-22-24)19(25)16-10-14-4-2-3-5-18(14)23-20(16)27-21/h2-11H,12H2,1H3. The fraction of sp³-hybridized carbons (Fsp3) is 0.0952. The molecular weight excluding hydrogens is 342 g/mol. The van der Waals surface area contributed by atoms with Gasteiger partial charge in [0.05, 0.1) is 30.8 Å². The van der Waals surface area contributed by atoms with Gasteiger partial charge in [-0.2, -0.15) is 5.10 Å². The molecule has 27 heavy (non-hydrogen) atoms. The molecule has 0 radical (unpaired) electrons. The Balaban J connectivity index is 1.67. The van der Waals surface area contributed by atoms with E-state index >= 15 is 0 Å². The van der Waals surface area contributed by atoms with Crippen molar-refractivity contribution >= 4 is 33.1 Å². The van der Waals surface area contributed by atoms with Gasteiger partial charge in [0.2, 0.25) is 16.9 Å². The Morgan fingerprint density at radius 1 is 1.07 bits per heavy atom. The van der Waals surface area contributed by atoms with Gasteiger partial charge < -0.3 is 9.15 Å². The normalized spacial score (nSPS) is 11.4. The lowest BCUT2D eigenvalue weighted by molar-refractivity contribution is 0.414. The highest BCUT2D eigenvalue weighted by Crippen LogP contribution is 2.22. The zero-order chi connectivity index (χ0) is 18.4.